The monoisotopic (exact) mass is 356 g/mol. The fourth-order valence-electron chi connectivity index (χ4n) is 2.95. The number of hydrogen-bond donors (Lipinski definition) is 2. The second kappa shape index (κ2) is 7.77. The zero-order valence-electron chi connectivity index (χ0n) is 14.2. The molecule has 3 N–H and O–H groups in total. The number of carbonyl (C=O) groups is 1. The summed E-state index contributed by atoms with van der Waals surface area (Å²) in [6.45, 7) is 2.03. The third kappa shape index (κ3) is 4.05. The number of nitrogens with two attached hydrogens (primary N) is 1. The van der Waals surface area contributed by atoms with Gasteiger partial charge in [-0.3, -0.25) is 14.9 Å². The van der Waals surface area contributed by atoms with Gasteiger partial charge in [0.25, 0.3) is 5.91 Å². The summed E-state index contributed by atoms with van der Waals surface area (Å²) in [7, 11) is 0. The third-order valence-electron chi connectivity index (χ3n) is 4.47. The average Bonchev–Trinajstić information content (AvgIpc) is 2.66. The molecule has 1 fully saturated rings. The summed E-state index contributed by atoms with van der Waals surface area (Å²) < 4.78 is 0. The standard InChI is InChI=1S/C17H20N6O3/c18-15-14(23(25)26)11-20-17(21-15)19-10-12-6-8-22(9-7-12)16(24)13-4-2-1-3-5-13/h1-5,11-12H,6-10H2,(H3,18,19,20,21). The normalized spacial score (nSPS) is 14.8. The lowest BCUT2D eigenvalue weighted by atomic mass is 9.96. The molecule has 0 radical (unpaired) electrons. The van der Waals surface area contributed by atoms with Gasteiger partial charge in [-0.25, -0.2) is 4.98 Å². The lowest BCUT2D eigenvalue weighted by molar-refractivity contribution is -0.384. The first kappa shape index (κ1) is 17.6. The van der Waals surface area contributed by atoms with Crippen LogP contribution < -0.4 is 11.1 Å². The Hall–Kier alpha value is -3.23. The van der Waals surface area contributed by atoms with Crippen molar-refractivity contribution in [3.8, 4) is 0 Å². The number of piperidine rings is 1. The summed E-state index contributed by atoms with van der Waals surface area (Å²) in [5.74, 6) is 0.546. The Morgan fingerprint density at radius 2 is 2.00 bits per heavy atom. The number of anilines is 2. The third-order valence-corrected chi connectivity index (χ3v) is 4.47. The maximum absolute atomic E-state index is 12.4. The minimum atomic E-state index is -0.613. The van der Waals surface area contributed by atoms with Gasteiger partial charge in [-0.1, -0.05) is 18.2 Å². The first-order valence-electron chi connectivity index (χ1n) is 8.39. The fraction of sp³-hybridized carbons (Fsp3) is 0.353. The number of nitrogens with zero attached hydrogens (tertiary/aromatic N) is 4. The highest BCUT2D eigenvalue weighted by molar-refractivity contribution is 5.94. The van der Waals surface area contributed by atoms with Crippen molar-refractivity contribution in [2.24, 2.45) is 5.92 Å². The molecule has 1 aliphatic heterocycles. The molecule has 3 rings (SSSR count). The molecule has 2 heterocycles. The number of aromatic nitrogens is 2. The van der Waals surface area contributed by atoms with Crippen LogP contribution in [0.2, 0.25) is 0 Å². The van der Waals surface area contributed by atoms with Crippen molar-refractivity contribution >= 4 is 23.4 Å². The van der Waals surface area contributed by atoms with E-state index in [1.54, 1.807) is 0 Å². The van der Waals surface area contributed by atoms with Gasteiger partial charge in [-0.05, 0) is 30.9 Å². The lowest BCUT2D eigenvalue weighted by Crippen LogP contribution is -2.39. The van der Waals surface area contributed by atoms with Gasteiger partial charge in [-0.2, -0.15) is 4.98 Å². The summed E-state index contributed by atoms with van der Waals surface area (Å²) in [6, 6.07) is 9.26. The molecule has 0 saturated carbocycles. The smallest absolute Gasteiger partial charge is 0.329 e. The van der Waals surface area contributed by atoms with Gasteiger partial charge >= 0.3 is 5.69 Å². The van der Waals surface area contributed by atoms with Crippen molar-refractivity contribution in [1.29, 1.82) is 0 Å². The predicted octanol–water partition coefficient (Wildman–Crippen LogP) is 1.93. The number of nitrogen functional groups attached to an aromatic ring is 1. The van der Waals surface area contributed by atoms with Crippen LogP contribution in [-0.4, -0.2) is 45.3 Å². The number of hydrogen-bond acceptors (Lipinski definition) is 7. The van der Waals surface area contributed by atoms with Crippen LogP contribution in [0.3, 0.4) is 0 Å². The van der Waals surface area contributed by atoms with Crippen LogP contribution >= 0.6 is 0 Å². The second-order valence-electron chi connectivity index (χ2n) is 6.20. The van der Waals surface area contributed by atoms with Crippen LogP contribution in [0.4, 0.5) is 17.5 Å². The van der Waals surface area contributed by atoms with Crippen molar-refractivity contribution < 1.29 is 9.72 Å². The molecule has 0 atom stereocenters. The maximum atomic E-state index is 12.4. The van der Waals surface area contributed by atoms with E-state index in [2.05, 4.69) is 15.3 Å². The van der Waals surface area contributed by atoms with Crippen molar-refractivity contribution in [3.63, 3.8) is 0 Å². The van der Waals surface area contributed by atoms with Gasteiger partial charge in [0.15, 0.2) is 0 Å². The average molecular weight is 356 g/mol. The Bertz CT molecular complexity index is 790. The van der Waals surface area contributed by atoms with Gasteiger partial charge in [0.2, 0.25) is 11.8 Å². The topological polar surface area (TPSA) is 127 Å². The highest BCUT2D eigenvalue weighted by Gasteiger charge is 2.23. The molecule has 1 saturated heterocycles. The zero-order chi connectivity index (χ0) is 18.5. The maximum Gasteiger partial charge on any atom is 0.329 e. The molecule has 1 amide bonds. The van der Waals surface area contributed by atoms with Gasteiger partial charge in [0.1, 0.15) is 6.20 Å². The SMILES string of the molecule is Nc1nc(NCC2CCN(C(=O)c3ccccc3)CC2)ncc1[N+](=O)[O-]. The highest BCUT2D eigenvalue weighted by atomic mass is 16.6. The van der Waals surface area contributed by atoms with Crippen LogP contribution in [-0.2, 0) is 0 Å². The van der Waals surface area contributed by atoms with Crippen LogP contribution in [0.25, 0.3) is 0 Å². The molecule has 26 heavy (non-hydrogen) atoms. The number of benzene rings is 1. The molecule has 0 aliphatic carbocycles. The van der Waals surface area contributed by atoms with Crippen LogP contribution in [0.5, 0.6) is 0 Å². The quantitative estimate of drug-likeness (QED) is 0.619. The van der Waals surface area contributed by atoms with E-state index in [-0.39, 0.29) is 23.4 Å². The lowest BCUT2D eigenvalue weighted by Gasteiger charge is -2.32. The van der Waals surface area contributed by atoms with Crippen LogP contribution in [0.15, 0.2) is 36.5 Å². The Balaban J connectivity index is 1.49. The van der Waals surface area contributed by atoms with E-state index in [4.69, 9.17) is 5.73 Å². The molecule has 1 aromatic heterocycles. The minimum absolute atomic E-state index is 0.0588. The van der Waals surface area contributed by atoms with E-state index in [1.807, 2.05) is 35.2 Å². The largest absolute Gasteiger partial charge is 0.378 e. The summed E-state index contributed by atoms with van der Waals surface area (Å²) >= 11 is 0. The molecule has 1 aliphatic rings. The zero-order valence-corrected chi connectivity index (χ0v) is 14.2. The molecule has 9 heteroatoms. The van der Waals surface area contributed by atoms with E-state index in [0.717, 1.165) is 19.0 Å². The first-order valence-corrected chi connectivity index (χ1v) is 8.39. The summed E-state index contributed by atoms with van der Waals surface area (Å²) in [6.07, 6.45) is 2.84. The van der Waals surface area contributed by atoms with Crippen LogP contribution in [0, 0.1) is 16.0 Å². The number of carbonyl (C=O) groups excluding carboxylic acids is 1. The molecule has 2 aromatic rings. The van der Waals surface area contributed by atoms with Crippen molar-refractivity contribution in [2.75, 3.05) is 30.7 Å². The number of likely N-dealkylation sites (tertiary alicyclic amines) is 1. The number of nitrogens with one attached hydrogen (secondary N) is 1. The highest BCUT2D eigenvalue weighted by Crippen LogP contribution is 2.21. The first-order chi connectivity index (χ1) is 12.5. The van der Waals surface area contributed by atoms with Crippen molar-refractivity contribution in [3.05, 3.63) is 52.2 Å². The summed E-state index contributed by atoms with van der Waals surface area (Å²) in [5.41, 5.74) is 5.97. The van der Waals surface area contributed by atoms with E-state index in [0.29, 0.717) is 31.1 Å². The van der Waals surface area contributed by atoms with Gasteiger partial charge < -0.3 is 16.0 Å². The Morgan fingerprint density at radius 1 is 1.31 bits per heavy atom. The number of nitro groups is 1. The van der Waals surface area contributed by atoms with Crippen LogP contribution in [0.1, 0.15) is 23.2 Å². The number of amides is 1. The summed E-state index contributed by atoms with van der Waals surface area (Å²) in [4.78, 5) is 32.2. The molecule has 9 nitrogen and oxygen atoms in total. The molecule has 1 aromatic carbocycles. The second-order valence-corrected chi connectivity index (χ2v) is 6.20. The van der Waals surface area contributed by atoms with E-state index in [1.165, 1.54) is 0 Å². The Kier molecular flexibility index (Phi) is 5.26. The summed E-state index contributed by atoms with van der Waals surface area (Å²) in [5, 5.41) is 13.8. The Labute approximate surface area is 150 Å². The fourth-order valence-corrected chi connectivity index (χ4v) is 2.95. The van der Waals surface area contributed by atoms with Crippen molar-refractivity contribution in [1.82, 2.24) is 14.9 Å². The molecular weight excluding hydrogens is 336 g/mol. The minimum Gasteiger partial charge on any atom is -0.378 e. The Morgan fingerprint density at radius 3 is 2.62 bits per heavy atom. The van der Waals surface area contributed by atoms with Gasteiger partial charge in [0, 0.05) is 25.2 Å². The molecule has 136 valence electrons. The predicted molar refractivity (Wildman–Crippen MR) is 96.7 cm³/mol. The van der Waals surface area contributed by atoms with E-state index < -0.39 is 4.92 Å². The van der Waals surface area contributed by atoms with Crippen molar-refractivity contribution in [2.45, 2.75) is 12.8 Å². The molecule has 0 bridgehead atoms. The molecule has 0 unspecified atom stereocenters. The number of rotatable bonds is 5. The van der Waals surface area contributed by atoms with Gasteiger partial charge in [0.05, 0.1) is 4.92 Å². The van der Waals surface area contributed by atoms with E-state index in [9.17, 15) is 14.9 Å². The molecule has 0 spiro atoms. The van der Waals surface area contributed by atoms with Gasteiger partial charge in [-0.15, -0.1) is 0 Å². The van der Waals surface area contributed by atoms with E-state index >= 15 is 0 Å². The molecular formula is C17H20N6O3.